The topological polar surface area (TPSA) is 231 Å². The fourth-order valence-corrected chi connectivity index (χ4v) is 6.89. The second-order valence-corrected chi connectivity index (χ2v) is 16.5. The molecule has 0 radical (unpaired) electrons. The number of hydrogen-bond acceptors (Lipinski definition) is 15. The molecule has 0 aromatic rings. The van der Waals surface area contributed by atoms with Crippen LogP contribution in [0.5, 0.6) is 0 Å². The minimum absolute atomic E-state index is 0.0422. The molecule has 0 amide bonds. The van der Waals surface area contributed by atoms with Crippen LogP contribution in [-0.2, 0) is 38.0 Å². The summed E-state index contributed by atoms with van der Waals surface area (Å²) in [5.41, 5.74) is 0. The van der Waals surface area contributed by atoms with Crippen molar-refractivity contribution in [1.82, 2.24) is 0 Å². The van der Waals surface area contributed by atoms with Crippen molar-refractivity contribution in [2.75, 3.05) is 26.4 Å². The molecule has 0 aromatic carbocycles. The quantitative estimate of drug-likeness (QED) is 0.0218. The molecule has 2 fully saturated rings. The highest BCUT2D eigenvalue weighted by Crippen LogP contribution is 2.26. The van der Waals surface area contributed by atoms with Gasteiger partial charge in [0.1, 0.15) is 55.4 Å². The summed E-state index contributed by atoms with van der Waals surface area (Å²) in [6.45, 7) is 2.31. The van der Waals surface area contributed by atoms with Gasteiger partial charge in [0.2, 0.25) is 0 Å². The van der Waals surface area contributed by atoms with Gasteiger partial charge >= 0.3 is 11.9 Å². The third kappa shape index (κ3) is 25.7. The number of rotatable bonds is 35. The van der Waals surface area contributed by atoms with Crippen molar-refractivity contribution in [2.45, 2.75) is 197 Å². The highest BCUT2D eigenvalue weighted by atomic mass is 16.7. The van der Waals surface area contributed by atoms with Crippen LogP contribution in [-0.4, -0.2) is 142 Å². The Kier molecular flexibility index (Phi) is 33.5. The lowest BCUT2D eigenvalue weighted by Gasteiger charge is -2.42. The number of aliphatic hydroxyl groups excluding tert-OH is 7. The third-order valence-electron chi connectivity index (χ3n) is 10.9. The molecule has 7 N–H and O–H groups in total. The Morgan fingerprint density at radius 2 is 0.985 bits per heavy atom. The number of aliphatic hydroxyl groups is 7. The molecular weight excluding hydrogens is 853 g/mol. The van der Waals surface area contributed by atoms with E-state index >= 15 is 0 Å². The lowest BCUT2D eigenvalue weighted by molar-refractivity contribution is -0.332. The number of allylic oxidation sites excluding steroid dienone is 14. The molecule has 15 nitrogen and oxygen atoms in total. The average molecular weight is 935 g/mol. The number of carbonyl (C=O) groups is 2. The minimum atomic E-state index is -1.79. The van der Waals surface area contributed by atoms with Gasteiger partial charge in [-0.2, -0.15) is 0 Å². The maximum absolute atomic E-state index is 12.9. The molecule has 0 bridgehead atoms. The van der Waals surface area contributed by atoms with Gasteiger partial charge in [0.25, 0.3) is 0 Å². The van der Waals surface area contributed by atoms with Gasteiger partial charge < -0.3 is 64.2 Å². The molecule has 66 heavy (non-hydrogen) atoms. The Balaban J connectivity index is 1.88. The monoisotopic (exact) mass is 935 g/mol. The van der Waals surface area contributed by atoms with Crippen LogP contribution in [0.3, 0.4) is 0 Å². The molecule has 0 aromatic heterocycles. The normalized spacial score (nSPS) is 26.9. The van der Waals surface area contributed by atoms with Crippen LogP contribution >= 0.6 is 0 Å². The second kappa shape index (κ2) is 37.6. The van der Waals surface area contributed by atoms with E-state index in [0.29, 0.717) is 19.3 Å². The number of esters is 2. The molecule has 2 aliphatic rings. The number of hydrogen-bond donors (Lipinski definition) is 7. The van der Waals surface area contributed by atoms with Gasteiger partial charge in [-0.1, -0.05) is 131 Å². The fraction of sp³-hybridized carbons (Fsp3) is 0.686. The van der Waals surface area contributed by atoms with E-state index in [1.807, 2.05) is 24.3 Å². The van der Waals surface area contributed by atoms with Crippen molar-refractivity contribution in [3.05, 3.63) is 85.1 Å². The average Bonchev–Trinajstić information content (AvgIpc) is 3.31. The summed E-state index contributed by atoms with van der Waals surface area (Å²) in [7, 11) is 0. The Morgan fingerprint density at radius 1 is 0.500 bits per heavy atom. The molecule has 0 saturated carbocycles. The van der Waals surface area contributed by atoms with Crippen LogP contribution in [0.2, 0.25) is 0 Å². The van der Waals surface area contributed by atoms with Crippen LogP contribution in [0.25, 0.3) is 0 Å². The lowest BCUT2D eigenvalue weighted by Crippen LogP contribution is -2.61. The molecule has 2 heterocycles. The third-order valence-corrected chi connectivity index (χ3v) is 10.9. The molecule has 5 unspecified atom stereocenters. The van der Waals surface area contributed by atoms with Crippen LogP contribution in [0.1, 0.15) is 129 Å². The Bertz CT molecular complexity index is 1470. The molecule has 15 heteroatoms. The Hall–Kier alpha value is -3.32. The highest BCUT2D eigenvalue weighted by Gasteiger charge is 2.47. The number of ether oxygens (including phenoxy) is 6. The summed E-state index contributed by atoms with van der Waals surface area (Å²) in [4.78, 5) is 25.6. The van der Waals surface area contributed by atoms with E-state index in [0.717, 1.165) is 44.9 Å². The first-order chi connectivity index (χ1) is 32.0. The van der Waals surface area contributed by atoms with Gasteiger partial charge in [-0.3, -0.25) is 9.59 Å². The summed E-state index contributed by atoms with van der Waals surface area (Å²) < 4.78 is 33.3. The predicted octanol–water partition coefficient (Wildman–Crippen LogP) is 6.04. The van der Waals surface area contributed by atoms with E-state index in [4.69, 9.17) is 28.4 Å². The summed E-state index contributed by atoms with van der Waals surface area (Å²) in [5.74, 6) is -1.08. The lowest BCUT2D eigenvalue weighted by atomic mass is 9.98. The summed E-state index contributed by atoms with van der Waals surface area (Å²) in [6, 6.07) is 0. The van der Waals surface area contributed by atoms with Crippen LogP contribution < -0.4 is 0 Å². The van der Waals surface area contributed by atoms with Gasteiger partial charge in [-0.25, -0.2) is 0 Å². The predicted molar refractivity (Wildman–Crippen MR) is 252 cm³/mol. The zero-order chi connectivity index (χ0) is 48.2. The van der Waals surface area contributed by atoms with E-state index in [-0.39, 0.29) is 19.4 Å². The first-order valence-electron chi connectivity index (χ1n) is 24.2. The molecule has 0 spiro atoms. The van der Waals surface area contributed by atoms with Crippen LogP contribution in [0.4, 0.5) is 0 Å². The minimum Gasteiger partial charge on any atom is -0.462 e. The van der Waals surface area contributed by atoms with Crippen molar-refractivity contribution in [3.8, 4) is 0 Å². The van der Waals surface area contributed by atoms with Gasteiger partial charge in [0.15, 0.2) is 18.7 Å². The fourth-order valence-electron chi connectivity index (χ4n) is 6.89. The molecule has 2 saturated heterocycles. The van der Waals surface area contributed by atoms with Crippen LogP contribution in [0.15, 0.2) is 85.1 Å². The molecule has 2 rings (SSSR count). The van der Waals surface area contributed by atoms with E-state index in [1.165, 1.54) is 38.5 Å². The van der Waals surface area contributed by atoms with Crippen molar-refractivity contribution >= 4 is 11.9 Å². The zero-order valence-corrected chi connectivity index (χ0v) is 39.4. The van der Waals surface area contributed by atoms with Crippen molar-refractivity contribution in [2.24, 2.45) is 0 Å². The maximum Gasteiger partial charge on any atom is 0.306 e. The molecular formula is C51H82O15. The van der Waals surface area contributed by atoms with Crippen molar-refractivity contribution in [1.29, 1.82) is 0 Å². The molecule has 376 valence electrons. The van der Waals surface area contributed by atoms with Crippen molar-refractivity contribution < 1.29 is 73.8 Å². The van der Waals surface area contributed by atoms with Crippen LogP contribution in [0, 0.1) is 0 Å². The Labute approximate surface area is 393 Å². The van der Waals surface area contributed by atoms with E-state index < -0.39 is 99.3 Å². The Morgan fingerprint density at radius 3 is 1.56 bits per heavy atom. The second-order valence-electron chi connectivity index (χ2n) is 16.5. The summed E-state index contributed by atoms with van der Waals surface area (Å²) in [5, 5.41) is 71.9. The maximum atomic E-state index is 12.9. The molecule has 11 atom stereocenters. The molecule has 0 aliphatic carbocycles. The molecule has 2 aliphatic heterocycles. The number of unbranched alkanes of at least 4 members (excludes halogenated alkanes) is 7. The standard InChI is InChI=1S/C51H82O15/c1-3-5-7-9-11-13-15-17-18-19-20-22-23-25-27-29-31-33-42(53)61-36-39(64-43(54)34-32-30-28-26-24-21-16-14-12-10-8-6-4-2)37-62-50-49(60)47(58)45(56)41(66-50)38-63-51-48(59)46(57)44(55)40(35-52)65-51/h5,7,11,13,17-18,20-22,24-25,27-28,30,39-41,44-52,55-60H,3-4,6,8-10,12,14-16,19,23,26,29,31-38H2,1-2H3/b7-5+,13-11+,18-17+,22-20+,24-21+,27-25+,30-28+/t39?,40-,41-,44+,45+,46?,47?,48?,49?,50-,51-/m1/s1. The van der Waals surface area contributed by atoms with Gasteiger partial charge in [0.05, 0.1) is 19.8 Å². The van der Waals surface area contributed by atoms with E-state index in [2.05, 4.69) is 74.6 Å². The van der Waals surface area contributed by atoms with Gasteiger partial charge in [-0.05, 0) is 70.6 Å². The summed E-state index contributed by atoms with van der Waals surface area (Å²) >= 11 is 0. The zero-order valence-electron chi connectivity index (χ0n) is 39.4. The van der Waals surface area contributed by atoms with Gasteiger partial charge in [-0.15, -0.1) is 0 Å². The van der Waals surface area contributed by atoms with E-state index in [1.54, 1.807) is 0 Å². The largest absolute Gasteiger partial charge is 0.462 e. The number of carbonyl (C=O) groups excluding carboxylic acids is 2. The smallest absolute Gasteiger partial charge is 0.306 e. The van der Waals surface area contributed by atoms with Gasteiger partial charge in [0, 0.05) is 12.8 Å². The summed E-state index contributed by atoms with van der Waals surface area (Å²) in [6.07, 6.45) is 27.9. The van der Waals surface area contributed by atoms with E-state index in [9.17, 15) is 45.3 Å². The SMILES string of the molecule is CC/C=C/C/C=C/C/C=C/C/C=C/C/C=C/CCCC(=O)OCC(CO[C@@H]1O[C@H](CO[C@@H]2O[C@H](CO)[C@H](O)C(O)C2O)[C@H](O)C(O)C1O)OC(=O)CC/C=C/C/C=C/CCCCCCCC. The van der Waals surface area contributed by atoms with Crippen molar-refractivity contribution in [3.63, 3.8) is 0 Å². The highest BCUT2D eigenvalue weighted by molar-refractivity contribution is 5.70. The first-order valence-corrected chi connectivity index (χ1v) is 24.2. The first kappa shape index (κ1) is 58.8.